The highest BCUT2D eigenvalue weighted by Gasteiger charge is 2.36. The zero-order chi connectivity index (χ0) is 37.4. The van der Waals surface area contributed by atoms with Gasteiger partial charge in [-0.05, 0) is 118 Å². The number of benzene rings is 10. The van der Waals surface area contributed by atoms with E-state index in [0.29, 0.717) is 0 Å². The molecule has 1 aliphatic rings. The van der Waals surface area contributed by atoms with Crippen LogP contribution in [0.15, 0.2) is 200 Å². The average molecular weight is 714 g/mol. The Labute approximate surface area is 327 Å². The largest absolute Gasteiger partial charge is 0.310 e. The molecular weight excluding hydrogens is 675 g/mol. The van der Waals surface area contributed by atoms with Crippen molar-refractivity contribution in [1.29, 1.82) is 0 Å². The van der Waals surface area contributed by atoms with Crippen LogP contribution in [0.5, 0.6) is 0 Å². The highest BCUT2D eigenvalue weighted by atomic mass is 15.1. The summed E-state index contributed by atoms with van der Waals surface area (Å²) in [6.45, 7) is 4.72. The Balaban J connectivity index is 1.07. The number of para-hydroxylation sites is 1. The van der Waals surface area contributed by atoms with Crippen molar-refractivity contribution >= 4 is 60.2 Å². The van der Waals surface area contributed by atoms with Crippen LogP contribution in [-0.4, -0.2) is 0 Å². The van der Waals surface area contributed by atoms with Gasteiger partial charge in [0.05, 0.1) is 5.69 Å². The van der Waals surface area contributed by atoms with Crippen molar-refractivity contribution in [2.45, 2.75) is 19.3 Å². The predicted octanol–water partition coefficient (Wildman–Crippen LogP) is 15.4. The molecule has 0 amide bonds. The van der Waals surface area contributed by atoms with Crippen LogP contribution in [0, 0.1) is 0 Å². The molecule has 0 saturated heterocycles. The Hall–Kier alpha value is -6.96. The molecule has 0 spiro atoms. The lowest BCUT2D eigenvalue weighted by Crippen LogP contribution is -2.16. The van der Waals surface area contributed by atoms with E-state index < -0.39 is 0 Å². The van der Waals surface area contributed by atoms with Crippen LogP contribution in [0.25, 0.3) is 76.5 Å². The summed E-state index contributed by atoms with van der Waals surface area (Å²) < 4.78 is 0. The number of rotatable bonds is 5. The van der Waals surface area contributed by atoms with Gasteiger partial charge in [-0.3, -0.25) is 0 Å². The lowest BCUT2D eigenvalue weighted by atomic mass is 9.82. The Kier molecular flexibility index (Phi) is 7.28. The first-order valence-corrected chi connectivity index (χ1v) is 19.6. The minimum Gasteiger partial charge on any atom is -0.310 e. The van der Waals surface area contributed by atoms with Gasteiger partial charge in [0.1, 0.15) is 0 Å². The van der Waals surface area contributed by atoms with Gasteiger partial charge in [0, 0.05) is 22.4 Å². The number of hydrogen-bond donors (Lipinski definition) is 0. The van der Waals surface area contributed by atoms with Crippen LogP contribution in [0.1, 0.15) is 25.0 Å². The molecule has 0 unspecified atom stereocenters. The highest BCUT2D eigenvalue weighted by Crippen LogP contribution is 2.51. The van der Waals surface area contributed by atoms with Gasteiger partial charge in [0.2, 0.25) is 0 Å². The molecule has 0 radical (unpaired) electrons. The first kappa shape index (κ1) is 32.5. The summed E-state index contributed by atoms with van der Waals surface area (Å²) in [5.74, 6) is 0. The van der Waals surface area contributed by atoms with Gasteiger partial charge in [-0.1, -0.05) is 178 Å². The van der Waals surface area contributed by atoms with Crippen molar-refractivity contribution in [3.8, 4) is 33.4 Å². The molecule has 0 aromatic heterocycles. The second-order valence-electron chi connectivity index (χ2n) is 15.7. The summed E-state index contributed by atoms with van der Waals surface area (Å²) in [4.78, 5) is 2.46. The van der Waals surface area contributed by atoms with E-state index in [1.54, 1.807) is 0 Å². The van der Waals surface area contributed by atoms with Crippen molar-refractivity contribution < 1.29 is 0 Å². The van der Waals surface area contributed by atoms with Crippen molar-refractivity contribution in [2.24, 2.45) is 0 Å². The third-order valence-corrected chi connectivity index (χ3v) is 12.3. The fourth-order valence-electron chi connectivity index (χ4n) is 9.42. The normalized spacial score (nSPS) is 13.0. The van der Waals surface area contributed by atoms with Crippen LogP contribution in [0.2, 0.25) is 0 Å². The molecule has 11 rings (SSSR count). The summed E-state index contributed by atoms with van der Waals surface area (Å²) in [7, 11) is 0. The summed E-state index contributed by atoms with van der Waals surface area (Å²) in [6.07, 6.45) is 0. The molecule has 1 heteroatoms. The van der Waals surface area contributed by atoms with E-state index in [9.17, 15) is 0 Å². The fourth-order valence-corrected chi connectivity index (χ4v) is 9.42. The molecular formula is C55H39N. The van der Waals surface area contributed by atoms with E-state index in [1.807, 2.05) is 0 Å². The molecule has 0 heterocycles. The molecule has 0 atom stereocenters. The van der Waals surface area contributed by atoms with Crippen molar-refractivity contribution in [3.63, 3.8) is 0 Å². The minimum absolute atomic E-state index is 0.112. The molecule has 0 saturated carbocycles. The highest BCUT2D eigenvalue weighted by molar-refractivity contribution is 6.17. The smallest absolute Gasteiger partial charge is 0.0540 e. The summed E-state index contributed by atoms with van der Waals surface area (Å²) in [5.41, 5.74) is 13.5. The quantitative estimate of drug-likeness (QED) is 0.161. The number of nitrogens with zero attached hydrogens (tertiary/aromatic N) is 1. The Bertz CT molecular complexity index is 3160. The van der Waals surface area contributed by atoms with Crippen molar-refractivity contribution in [1.82, 2.24) is 0 Å². The molecule has 264 valence electrons. The monoisotopic (exact) mass is 713 g/mol. The van der Waals surface area contributed by atoms with E-state index in [2.05, 4.69) is 219 Å². The van der Waals surface area contributed by atoms with Gasteiger partial charge in [0.25, 0.3) is 0 Å². The molecule has 1 aliphatic carbocycles. The fraction of sp³-hybridized carbons (Fsp3) is 0.0545. The van der Waals surface area contributed by atoms with Crippen LogP contribution in [-0.2, 0) is 5.41 Å². The van der Waals surface area contributed by atoms with Crippen molar-refractivity contribution in [2.75, 3.05) is 4.90 Å². The maximum atomic E-state index is 2.46. The average Bonchev–Trinajstić information content (AvgIpc) is 3.49. The molecule has 1 nitrogen and oxygen atoms in total. The second kappa shape index (κ2) is 12.5. The van der Waals surface area contributed by atoms with Crippen molar-refractivity contribution in [3.05, 3.63) is 211 Å². The summed E-state index contributed by atoms with van der Waals surface area (Å²) in [5, 5.41) is 10.2. The SMILES string of the molecule is CC1(C)c2ccccc2-c2ccc(N(c3ccc(-c4ccc5ccc6c7ccccc7ccc6c5c4)cc3)c3ccccc3-c3cccc4ccccc34)cc21. The predicted molar refractivity (Wildman–Crippen MR) is 240 cm³/mol. The molecule has 10 aromatic rings. The summed E-state index contributed by atoms with van der Waals surface area (Å²) in [6, 6.07) is 74.0. The number of fused-ring (bicyclic) bond motifs is 9. The number of anilines is 3. The first-order chi connectivity index (χ1) is 27.5. The molecule has 0 aliphatic heterocycles. The van der Waals surface area contributed by atoms with Gasteiger partial charge >= 0.3 is 0 Å². The van der Waals surface area contributed by atoms with Gasteiger partial charge in [-0.2, -0.15) is 0 Å². The first-order valence-electron chi connectivity index (χ1n) is 19.6. The third-order valence-electron chi connectivity index (χ3n) is 12.3. The topological polar surface area (TPSA) is 3.24 Å². The standard InChI is InChI=1S/C55H39N/c1-55(2)52-20-9-7-17-48(52)49-33-30-42(35-53(49)55)56(54-21-10-8-18-50(54)45-19-11-14-37-12-3-5-15-43(37)45)41-28-24-36(25-29-41)40-23-22-39-27-31-46-44-16-6-4-13-38(44)26-32-47(46)51(39)34-40/h3-35H,1-2H3. The van der Waals surface area contributed by atoms with Crippen LogP contribution >= 0.6 is 0 Å². The van der Waals surface area contributed by atoms with Crippen LogP contribution in [0.4, 0.5) is 17.1 Å². The Morgan fingerprint density at radius 2 is 0.875 bits per heavy atom. The maximum Gasteiger partial charge on any atom is 0.0540 e. The van der Waals surface area contributed by atoms with E-state index in [-0.39, 0.29) is 5.41 Å². The lowest BCUT2D eigenvalue weighted by Gasteiger charge is -2.30. The van der Waals surface area contributed by atoms with Gasteiger partial charge in [-0.25, -0.2) is 0 Å². The maximum absolute atomic E-state index is 2.46. The van der Waals surface area contributed by atoms with Gasteiger partial charge < -0.3 is 4.90 Å². The van der Waals surface area contributed by atoms with E-state index in [1.165, 1.54) is 87.6 Å². The molecule has 0 N–H and O–H groups in total. The molecule has 56 heavy (non-hydrogen) atoms. The van der Waals surface area contributed by atoms with Gasteiger partial charge in [0.15, 0.2) is 0 Å². The molecule has 0 bridgehead atoms. The van der Waals surface area contributed by atoms with E-state index >= 15 is 0 Å². The Morgan fingerprint density at radius 1 is 0.321 bits per heavy atom. The molecule has 0 fully saturated rings. The molecule has 10 aromatic carbocycles. The van der Waals surface area contributed by atoms with Gasteiger partial charge in [-0.15, -0.1) is 0 Å². The van der Waals surface area contributed by atoms with Crippen LogP contribution < -0.4 is 4.90 Å². The van der Waals surface area contributed by atoms with Crippen LogP contribution in [0.3, 0.4) is 0 Å². The third kappa shape index (κ3) is 5.01. The summed E-state index contributed by atoms with van der Waals surface area (Å²) >= 11 is 0. The number of hydrogen-bond acceptors (Lipinski definition) is 1. The van der Waals surface area contributed by atoms with E-state index in [0.717, 1.165) is 17.1 Å². The zero-order valence-corrected chi connectivity index (χ0v) is 31.5. The second-order valence-corrected chi connectivity index (χ2v) is 15.7. The van der Waals surface area contributed by atoms with E-state index in [4.69, 9.17) is 0 Å². The minimum atomic E-state index is -0.112. The Morgan fingerprint density at radius 3 is 1.70 bits per heavy atom. The lowest BCUT2D eigenvalue weighted by molar-refractivity contribution is 0.660. The zero-order valence-electron chi connectivity index (χ0n) is 31.5.